The second-order valence-corrected chi connectivity index (χ2v) is 3.19. The first-order valence-electron chi connectivity index (χ1n) is 4.63. The highest BCUT2D eigenvalue weighted by molar-refractivity contribution is 5.61. The fourth-order valence-corrected chi connectivity index (χ4v) is 1.47. The van der Waals surface area contributed by atoms with Crippen LogP contribution in [0.25, 0.3) is 11.3 Å². The van der Waals surface area contributed by atoms with Gasteiger partial charge < -0.3 is 10.2 Å². The Morgan fingerprint density at radius 1 is 1.40 bits per heavy atom. The quantitative estimate of drug-likeness (QED) is 0.819. The molecule has 0 bridgehead atoms. The molecule has 78 valence electrons. The van der Waals surface area contributed by atoms with Gasteiger partial charge in [0.2, 0.25) is 0 Å². The largest absolute Gasteiger partial charge is 0.444 e. The summed E-state index contributed by atoms with van der Waals surface area (Å²) in [6, 6.07) is 6.43. The molecule has 0 spiro atoms. The highest BCUT2D eigenvalue weighted by Crippen LogP contribution is 2.25. The van der Waals surface area contributed by atoms with Crippen molar-refractivity contribution in [1.29, 1.82) is 0 Å². The third kappa shape index (κ3) is 1.76. The number of benzene rings is 1. The zero-order chi connectivity index (χ0) is 10.8. The molecule has 0 unspecified atom stereocenters. The van der Waals surface area contributed by atoms with Crippen LogP contribution in [0, 0.1) is 12.7 Å². The Bertz CT molecular complexity index is 479. The van der Waals surface area contributed by atoms with Crippen LogP contribution in [0.1, 0.15) is 11.7 Å². The van der Waals surface area contributed by atoms with Crippen LogP contribution < -0.4 is 5.73 Å². The van der Waals surface area contributed by atoms with Crippen molar-refractivity contribution in [2.75, 3.05) is 0 Å². The van der Waals surface area contributed by atoms with Crippen LogP contribution in [0.4, 0.5) is 4.39 Å². The van der Waals surface area contributed by atoms with E-state index in [0.29, 0.717) is 22.9 Å². The Hall–Kier alpha value is -1.68. The first-order chi connectivity index (χ1) is 7.22. The Morgan fingerprint density at radius 3 is 2.80 bits per heavy atom. The van der Waals surface area contributed by atoms with Crippen LogP contribution in [0.15, 0.2) is 28.7 Å². The van der Waals surface area contributed by atoms with E-state index in [9.17, 15) is 4.39 Å². The van der Waals surface area contributed by atoms with Crippen LogP contribution in [0.2, 0.25) is 0 Å². The number of aryl methyl sites for hydroxylation is 1. The van der Waals surface area contributed by atoms with Crippen molar-refractivity contribution in [3.63, 3.8) is 0 Å². The first kappa shape index (κ1) is 9.86. The van der Waals surface area contributed by atoms with Gasteiger partial charge in [0.15, 0.2) is 5.89 Å². The van der Waals surface area contributed by atoms with Gasteiger partial charge >= 0.3 is 0 Å². The van der Waals surface area contributed by atoms with Crippen LogP contribution in [0.5, 0.6) is 0 Å². The summed E-state index contributed by atoms with van der Waals surface area (Å²) in [7, 11) is 0. The average molecular weight is 206 g/mol. The van der Waals surface area contributed by atoms with Crippen LogP contribution in [0.3, 0.4) is 0 Å². The highest BCUT2D eigenvalue weighted by atomic mass is 19.1. The van der Waals surface area contributed by atoms with E-state index in [0.717, 1.165) is 0 Å². The van der Waals surface area contributed by atoms with E-state index in [1.807, 2.05) is 0 Å². The van der Waals surface area contributed by atoms with Gasteiger partial charge in [-0.15, -0.1) is 0 Å². The number of oxazole rings is 1. The third-order valence-corrected chi connectivity index (χ3v) is 2.12. The molecule has 2 N–H and O–H groups in total. The normalized spacial score (nSPS) is 10.6. The molecule has 0 aliphatic heterocycles. The van der Waals surface area contributed by atoms with E-state index in [1.54, 1.807) is 25.1 Å². The van der Waals surface area contributed by atoms with E-state index < -0.39 is 0 Å². The molecular weight excluding hydrogens is 195 g/mol. The van der Waals surface area contributed by atoms with Gasteiger partial charge in [-0.1, -0.05) is 12.1 Å². The van der Waals surface area contributed by atoms with Gasteiger partial charge in [-0.05, 0) is 12.1 Å². The first-order valence-corrected chi connectivity index (χ1v) is 4.63. The monoisotopic (exact) mass is 206 g/mol. The predicted octanol–water partition coefficient (Wildman–Crippen LogP) is 2.25. The summed E-state index contributed by atoms with van der Waals surface area (Å²) >= 11 is 0. The van der Waals surface area contributed by atoms with Crippen LogP contribution in [-0.4, -0.2) is 4.98 Å². The SMILES string of the molecule is Cc1nc(-c2ccccc2F)c(CN)o1. The summed E-state index contributed by atoms with van der Waals surface area (Å²) in [6.45, 7) is 1.92. The molecule has 1 aromatic carbocycles. The minimum Gasteiger partial charge on any atom is -0.444 e. The maximum Gasteiger partial charge on any atom is 0.191 e. The second-order valence-electron chi connectivity index (χ2n) is 3.19. The fourth-order valence-electron chi connectivity index (χ4n) is 1.47. The molecule has 2 aromatic rings. The molecule has 1 heterocycles. The standard InChI is InChI=1S/C11H11FN2O/c1-7-14-11(10(6-13)15-7)8-4-2-3-5-9(8)12/h2-5H,6,13H2,1H3. The van der Waals surface area contributed by atoms with Gasteiger partial charge in [0.1, 0.15) is 17.3 Å². The molecule has 0 saturated heterocycles. The number of nitrogens with two attached hydrogens (primary N) is 1. The maximum atomic E-state index is 13.5. The predicted molar refractivity (Wildman–Crippen MR) is 54.5 cm³/mol. The molecule has 0 aliphatic carbocycles. The zero-order valence-electron chi connectivity index (χ0n) is 8.33. The summed E-state index contributed by atoms with van der Waals surface area (Å²) in [5, 5.41) is 0. The highest BCUT2D eigenvalue weighted by Gasteiger charge is 2.14. The lowest BCUT2D eigenvalue weighted by molar-refractivity contribution is 0.477. The number of aromatic nitrogens is 1. The Balaban J connectivity index is 2.58. The van der Waals surface area contributed by atoms with Crippen LogP contribution in [-0.2, 0) is 6.54 Å². The molecule has 0 atom stereocenters. The van der Waals surface area contributed by atoms with Crippen molar-refractivity contribution in [2.24, 2.45) is 5.73 Å². The van der Waals surface area contributed by atoms with E-state index in [4.69, 9.17) is 10.2 Å². The van der Waals surface area contributed by atoms with Gasteiger partial charge in [0, 0.05) is 12.5 Å². The van der Waals surface area contributed by atoms with E-state index in [2.05, 4.69) is 4.98 Å². The number of hydrogen-bond donors (Lipinski definition) is 1. The minimum atomic E-state index is -0.319. The number of nitrogens with zero attached hydrogens (tertiary/aromatic N) is 1. The third-order valence-electron chi connectivity index (χ3n) is 2.12. The average Bonchev–Trinajstić information content (AvgIpc) is 2.60. The molecule has 0 amide bonds. The van der Waals surface area contributed by atoms with Gasteiger partial charge in [-0.3, -0.25) is 0 Å². The number of halogens is 1. The summed E-state index contributed by atoms with van der Waals surface area (Å²) < 4.78 is 18.7. The van der Waals surface area contributed by atoms with Crippen molar-refractivity contribution < 1.29 is 8.81 Å². The molecule has 0 aliphatic rings. The molecule has 3 nitrogen and oxygen atoms in total. The van der Waals surface area contributed by atoms with E-state index >= 15 is 0 Å². The smallest absolute Gasteiger partial charge is 0.191 e. The lowest BCUT2D eigenvalue weighted by Crippen LogP contribution is -1.97. The maximum absolute atomic E-state index is 13.5. The summed E-state index contributed by atoms with van der Waals surface area (Å²) in [5.41, 5.74) is 6.41. The number of rotatable bonds is 2. The molecule has 1 aromatic heterocycles. The topological polar surface area (TPSA) is 52.0 Å². The van der Waals surface area contributed by atoms with E-state index in [-0.39, 0.29) is 12.4 Å². The zero-order valence-corrected chi connectivity index (χ0v) is 8.33. The molecule has 15 heavy (non-hydrogen) atoms. The minimum absolute atomic E-state index is 0.213. The fraction of sp³-hybridized carbons (Fsp3) is 0.182. The second kappa shape index (κ2) is 3.82. The van der Waals surface area contributed by atoms with Gasteiger partial charge in [0.25, 0.3) is 0 Å². The Labute approximate surface area is 86.7 Å². The summed E-state index contributed by atoms with van der Waals surface area (Å²) in [4.78, 5) is 4.13. The molecule has 4 heteroatoms. The Kier molecular flexibility index (Phi) is 2.51. The lowest BCUT2D eigenvalue weighted by Gasteiger charge is -1.99. The van der Waals surface area contributed by atoms with Crippen molar-refractivity contribution >= 4 is 0 Å². The van der Waals surface area contributed by atoms with Gasteiger partial charge in [-0.2, -0.15) is 0 Å². The van der Waals surface area contributed by atoms with Gasteiger partial charge in [0.05, 0.1) is 6.54 Å². The van der Waals surface area contributed by atoms with E-state index in [1.165, 1.54) is 6.07 Å². The van der Waals surface area contributed by atoms with Gasteiger partial charge in [-0.25, -0.2) is 9.37 Å². The molecular formula is C11H11FN2O. The van der Waals surface area contributed by atoms with Crippen molar-refractivity contribution in [1.82, 2.24) is 4.98 Å². The van der Waals surface area contributed by atoms with Crippen molar-refractivity contribution in [3.8, 4) is 11.3 Å². The molecule has 0 radical (unpaired) electrons. The number of hydrogen-bond acceptors (Lipinski definition) is 3. The molecule has 0 fully saturated rings. The van der Waals surface area contributed by atoms with Crippen molar-refractivity contribution in [2.45, 2.75) is 13.5 Å². The molecule has 2 rings (SSSR count). The summed E-state index contributed by atoms with van der Waals surface area (Å²) in [5.74, 6) is 0.687. The lowest BCUT2D eigenvalue weighted by atomic mass is 10.1. The van der Waals surface area contributed by atoms with Crippen molar-refractivity contribution in [3.05, 3.63) is 41.7 Å². The summed E-state index contributed by atoms with van der Waals surface area (Å²) in [6.07, 6.45) is 0. The molecule has 0 saturated carbocycles. The van der Waals surface area contributed by atoms with Crippen LogP contribution >= 0.6 is 0 Å². The Morgan fingerprint density at radius 2 is 2.13 bits per heavy atom.